The van der Waals surface area contributed by atoms with E-state index in [1.165, 1.54) is 0 Å². The maximum absolute atomic E-state index is 6.56. The van der Waals surface area contributed by atoms with E-state index in [0.29, 0.717) is 5.92 Å². The molecule has 0 bridgehead atoms. The minimum Gasteiger partial charge on any atom is -0.488 e. The van der Waals surface area contributed by atoms with E-state index in [1.807, 2.05) is 25.9 Å². The van der Waals surface area contributed by atoms with Crippen molar-refractivity contribution in [1.29, 1.82) is 0 Å². The number of hydrogen-bond donors (Lipinski definition) is 0. The molecule has 3 aromatic rings. The Morgan fingerprint density at radius 2 is 1.76 bits per heavy atom. The highest BCUT2D eigenvalue weighted by Gasteiger charge is 2.25. The minimum absolute atomic E-state index is 0.179. The fourth-order valence-electron chi connectivity index (χ4n) is 4.83. The van der Waals surface area contributed by atoms with E-state index in [4.69, 9.17) is 9.47 Å². The lowest BCUT2D eigenvalue weighted by Gasteiger charge is -2.31. The summed E-state index contributed by atoms with van der Waals surface area (Å²) in [5.74, 6) is 3.79. The quantitative estimate of drug-likeness (QED) is 0.547. The van der Waals surface area contributed by atoms with Gasteiger partial charge in [0.05, 0.1) is 24.8 Å². The van der Waals surface area contributed by atoms with E-state index in [-0.39, 0.29) is 6.10 Å². The molecule has 180 valence electrons. The molecule has 0 N–H and O–H groups in total. The van der Waals surface area contributed by atoms with Crippen molar-refractivity contribution in [1.82, 2.24) is 24.9 Å². The predicted octanol–water partition coefficient (Wildman–Crippen LogP) is 3.21. The van der Waals surface area contributed by atoms with E-state index in [1.54, 1.807) is 12.4 Å². The Balaban J connectivity index is 1.26. The van der Waals surface area contributed by atoms with Crippen molar-refractivity contribution in [2.45, 2.75) is 45.1 Å². The van der Waals surface area contributed by atoms with Gasteiger partial charge in [0.25, 0.3) is 0 Å². The highest BCUT2D eigenvalue weighted by atomic mass is 16.5. The lowest BCUT2D eigenvalue weighted by atomic mass is 9.85. The summed E-state index contributed by atoms with van der Waals surface area (Å²) < 4.78 is 12.1. The number of anilines is 2. The molecule has 1 aliphatic carbocycles. The summed E-state index contributed by atoms with van der Waals surface area (Å²) in [5, 5.41) is 0. The zero-order chi connectivity index (χ0) is 23.5. The number of benzene rings is 1. The second kappa shape index (κ2) is 10.0. The molecule has 1 saturated heterocycles. The normalized spacial score (nSPS) is 21.0. The largest absolute Gasteiger partial charge is 0.488 e. The summed E-state index contributed by atoms with van der Waals surface area (Å²) in [4.78, 5) is 27.0. The molecular formula is C25H33N7O2. The van der Waals surface area contributed by atoms with Crippen LogP contribution in [0.25, 0.3) is 11.0 Å². The van der Waals surface area contributed by atoms with Gasteiger partial charge >= 0.3 is 0 Å². The summed E-state index contributed by atoms with van der Waals surface area (Å²) in [5.41, 5.74) is 2.83. The first-order chi connectivity index (χ1) is 16.5. The van der Waals surface area contributed by atoms with E-state index in [2.05, 4.69) is 42.0 Å². The summed E-state index contributed by atoms with van der Waals surface area (Å²) in [7, 11) is 3.92. The standard InChI is InChI=1S/C25H33N7O2/c1-17-28-23(30-25(29-17)31(2)3)14-18-4-6-20(7-5-18)34-22-16-19(32-10-12-33-13-11-32)15-21-24(22)27-9-8-26-21/h8-9,15-16,18,20H,4-7,10-14H2,1-3H3. The number of nitrogens with zero attached hydrogens (tertiary/aromatic N) is 7. The smallest absolute Gasteiger partial charge is 0.228 e. The van der Waals surface area contributed by atoms with Crippen LogP contribution in [0, 0.1) is 12.8 Å². The lowest BCUT2D eigenvalue weighted by Crippen LogP contribution is -2.36. The third kappa shape index (κ3) is 5.19. The zero-order valence-electron chi connectivity index (χ0n) is 20.3. The molecule has 1 saturated carbocycles. The second-order valence-electron chi connectivity index (χ2n) is 9.43. The fourth-order valence-corrected chi connectivity index (χ4v) is 4.83. The number of fused-ring (bicyclic) bond motifs is 1. The topological polar surface area (TPSA) is 89.4 Å². The Hall–Kier alpha value is -3.07. The van der Waals surface area contributed by atoms with Gasteiger partial charge in [0.2, 0.25) is 5.95 Å². The van der Waals surface area contributed by atoms with Gasteiger partial charge in [0, 0.05) is 57.8 Å². The molecular weight excluding hydrogens is 430 g/mol. The highest BCUT2D eigenvalue weighted by Crippen LogP contribution is 2.34. The average Bonchev–Trinajstić information content (AvgIpc) is 2.85. The van der Waals surface area contributed by atoms with Crippen LogP contribution in [0.3, 0.4) is 0 Å². The highest BCUT2D eigenvalue weighted by molar-refractivity contribution is 5.85. The van der Waals surface area contributed by atoms with E-state index >= 15 is 0 Å². The van der Waals surface area contributed by atoms with Gasteiger partial charge in [-0.25, -0.2) is 9.97 Å². The molecule has 3 heterocycles. The number of ether oxygens (including phenoxy) is 2. The van der Waals surface area contributed by atoms with Crippen LogP contribution in [0.4, 0.5) is 11.6 Å². The molecule has 9 nitrogen and oxygen atoms in total. The van der Waals surface area contributed by atoms with Gasteiger partial charge in [0.1, 0.15) is 22.9 Å². The van der Waals surface area contributed by atoms with Crippen LogP contribution >= 0.6 is 0 Å². The van der Waals surface area contributed by atoms with Crippen LogP contribution < -0.4 is 14.5 Å². The van der Waals surface area contributed by atoms with E-state index in [0.717, 1.165) is 98.5 Å². The lowest BCUT2D eigenvalue weighted by molar-refractivity contribution is 0.122. The van der Waals surface area contributed by atoms with Crippen molar-refractivity contribution >= 4 is 22.7 Å². The molecule has 5 rings (SSSR count). The maximum Gasteiger partial charge on any atom is 0.228 e. The van der Waals surface area contributed by atoms with Gasteiger partial charge in [-0.05, 0) is 44.6 Å². The first-order valence-corrected chi connectivity index (χ1v) is 12.2. The van der Waals surface area contributed by atoms with Gasteiger partial charge in [-0.15, -0.1) is 0 Å². The molecule has 2 aliphatic rings. The molecule has 0 atom stereocenters. The molecule has 0 spiro atoms. The number of morpholine rings is 1. The molecule has 9 heteroatoms. The van der Waals surface area contributed by atoms with Crippen LogP contribution in [0.15, 0.2) is 24.5 Å². The monoisotopic (exact) mass is 463 g/mol. The average molecular weight is 464 g/mol. The first-order valence-electron chi connectivity index (χ1n) is 12.2. The SMILES string of the molecule is Cc1nc(CC2CCC(Oc3cc(N4CCOCC4)cc4nccnc34)CC2)nc(N(C)C)n1. The Bertz CT molecular complexity index is 1130. The molecule has 0 unspecified atom stereocenters. The Morgan fingerprint density at radius 1 is 1.00 bits per heavy atom. The zero-order valence-corrected chi connectivity index (χ0v) is 20.3. The molecule has 0 amide bonds. The Kier molecular flexibility index (Phi) is 6.71. The van der Waals surface area contributed by atoms with Crippen molar-refractivity contribution in [3.8, 4) is 5.75 Å². The number of hydrogen-bond acceptors (Lipinski definition) is 9. The minimum atomic E-state index is 0.179. The molecule has 2 aromatic heterocycles. The third-order valence-electron chi connectivity index (χ3n) is 6.64. The second-order valence-corrected chi connectivity index (χ2v) is 9.43. The van der Waals surface area contributed by atoms with Gasteiger partial charge in [0.15, 0.2) is 0 Å². The van der Waals surface area contributed by atoms with Crippen LogP contribution in [-0.2, 0) is 11.2 Å². The molecule has 0 radical (unpaired) electrons. The van der Waals surface area contributed by atoms with Crippen molar-refractivity contribution in [2.24, 2.45) is 5.92 Å². The Labute approximate surface area is 200 Å². The predicted molar refractivity (Wildman–Crippen MR) is 132 cm³/mol. The fraction of sp³-hybridized carbons (Fsp3) is 0.560. The van der Waals surface area contributed by atoms with Crippen molar-refractivity contribution in [3.05, 3.63) is 36.2 Å². The summed E-state index contributed by atoms with van der Waals surface area (Å²) >= 11 is 0. The molecule has 1 aromatic carbocycles. The van der Waals surface area contributed by atoms with Gasteiger partial charge in [-0.2, -0.15) is 9.97 Å². The van der Waals surface area contributed by atoms with Crippen LogP contribution in [0.2, 0.25) is 0 Å². The first kappa shape index (κ1) is 22.7. The van der Waals surface area contributed by atoms with Gasteiger partial charge < -0.3 is 19.3 Å². The number of aryl methyl sites for hydroxylation is 1. The van der Waals surface area contributed by atoms with Crippen molar-refractivity contribution in [3.63, 3.8) is 0 Å². The molecule has 2 fully saturated rings. The Morgan fingerprint density at radius 3 is 2.53 bits per heavy atom. The summed E-state index contributed by atoms with van der Waals surface area (Å²) in [6.07, 6.45) is 8.76. The van der Waals surface area contributed by atoms with Gasteiger partial charge in [-0.3, -0.25) is 4.98 Å². The van der Waals surface area contributed by atoms with Crippen LogP contribution in [0.1, 0.15) is 37.3 Å². The summed E-state index contributed by atoms with van der Waals surface area (Å²) in [6, 6.07) is 4.24. The maximum atomic E-state index is 6.56. The number of aromatic nitrogens is 5. The van der Waals surface area contributed by atoms with Crippen LogP contribution in [0.5, 0.6) is 5.75 Å². The third-order valence-corrected chi connectivity index (χ3v) is 6.64. The van der Waals surface area contributed by atoms with Crippen molar-refractivity contribution in [2.75, 3.05) is 50.2 Å². The summed E-state index contributed by atoms with van der Waals surface area (Å²) in [6.45, 7) is 5.18. The van der Waals surface area contributed by atoms with E-state index < -0.39 is 0 Å². The van der Waals surface area contributed by atoms with Gasteiger partial charge in [-0.1, -0.05) is 0 Å². The molecule has 34 heavy (non-hydrogen) atoms. The van der Waals surface area contributed by atoms with Crippen molar-refractivity contribution < 1.29 is 9.47 Å². The number of rotatable bonds is 6. The molecule has 1 aliphatic heterocycles. The van der Waals surface area contributed by atoms with Crippen LogP contribution in [-0.4, -0.2) is 71.4 Å². The van der Waals surface area contributed by atoms with E-state index in [9.17, 15) is 0 Å².